The highest BCUT2D eigenvalue weighted by atomic mass is 16.4. The molecule has 0 saturated carbocycles. The van der Waals surface area contributed by atoms with Crippen molar-refractivity contribution in [2.45, 2.75) is 12.8 Å². The van der Waals surface area contributed by atoms with Crippen molar-refractivity contribution in [2.24, 2.45) is 0 Å². The van der Waals surface area contributed by atoms with Gasteiger partial charge >= 0.3 is 5.97 Å². The fraction of sp³-hybridized carbons (Fsp3) is 0.545. The topological polar surface area (TPSA) is 98.2 Å². The number of carbonyl (C=O) groups is 3. The molecule has 0 spiro atoms. The molecule has 100 valence electrons. The van der Waals surface area contributed by atoms with Crippen molar-refractivity contribution in [2.75, 3.05) is 27.2 Å². The lowest BCUT2D eigenvalue weighted by atomic mass is 10.2. The second kappa shape index (κ2) is 5.52. The number of carboxylic acid groups (broad SMARTS) is 1. The average Bonchev–Trinajstić information content (AvgIpc) is 2.57. The Morgan fingerprint density at radius 3 is 2.44 bits per heavy atom. The lowest BCUT2D eigenvalue weighted by Gasteiger charge is -2.16. The van der Waals surface area contributed by atoms with Gasteiger partial charge in [-0.2, -0.15) is 0 Å². The van der Waals surface area contributed by atoms with Crippen molar-refractivity contribution >= 4 is 17.8 Å². The highest BCUT2D eigenvalue weighted by Crippen LogP contribution is 2.17. The number of aliphatic hydroxyl groups is 1. The van der Waals surface area contributed by atoms with Crippen LogP contribution in [0.2, 0.25) is 0 Å². The molecule has 0 aliphatic carbocycles. The summed E-state index contributed by atoms with van der Waals surface area (Å²) in [4.78, 5) is 36.2. The number of nitrogens with zero attached hydrogens (tertiary/aromatic N) is 2. The van der Waals surface area contributed by atoms with E-state index in [4.69, 9.17) is 5.11 Å². The van der Waals surface area contributed by atoms with Crippen LogP contribution in [0.4, 0.5) is 0 Å². The molecule has 1 aliphatic heterocycles. The summed E-state index contributed by atoms with van der Waals surface area (Å²) in [5, 5.41) is 18.1. The molecule has 1 aliphatic rings. The van der Waals surface area contributed by atoms with Crippen LogP contribution in [-0.4, -0.2) is 65.0 Å². The molecule has 0 radical (unpaired) electrons. The van der Waals surface area contributed by atoms with Gasteiger partial charge < -0.3 is 20.0 Å². The summed E-state index contributed by atoms with van der Waals surface area (Å²) >= 11 is 0. The Morgan fingerprint density at radius 2 is 2.00 bits per heavy atom. The number of hydrogen-bond donors (Lipinski definition) is 2. The summed E-state index contributed by atoms with van der Waals surface area (Å²) in [6.07, 6.45) is 0.711. The third kappa shape index (κ3) is 2.99. The molecule has 0 aromatic carbocycles. The summed E-state index contributed by atoms with van der Waals surface area (Å²) in [5.74, 6) is -2.75. The maximum Gasteiger partial charge on any atom is 0.337 e. The van der Waals surface area contributed by atoms with Crippen LogP contribution in [0.5, 0.6) is 0 Å². The molecule has 0 atom stereocenters. The van der Waals surface area contributed by atoms with E-state index in [9.17, 15) is 19.5 Å². The van der Waals surface area contributed by atoms with E-state index in [0.717, 1.165) is 0 Å². The second-order valence-electron chi connectivity index (χ2n) is 4.25. The number of rotatable bonds is 5. The van der Waals surface area contributed by atoms with E-state index < -0.39 is 17.6 Å². The van der Waals surface area contributed by atoms with Gasteiger partial charge in [0.15, 0.2) is 5.76 Å². The van der Waals surface area contributed by atoms with Crippen molar-refractivity contribution in [3.63, 3.8) is 0 Å². The van der Waals surface area contributed by atoms with Crippen molar-refractivity contribution in [3.8, 4) is 0 Å². The maximum atomic E-state index is 11.5. The van der Waals surface area contributed by atoms with Crippen molar-refractivity contribution < 1.29 is 24.6 Å². The van der Waals surface area contributed by atoms with Crippen LogP contribution >= 0.6 is 0 Å². The zero-order chi connectivity index (χ0) is 13.9. The van der Waals surface area contributed by atoms with Crippen LogP contribution in [0.1, 0.15) is 12.8 Å². The Balaban J connectivity index is 2.46. The quantitative estimate of drug-likeness (QED) is 0.697. The summed E-state index contributed by atoms with van der Waals surface area (Å²) in [5.41, 5.74) is -0.293. The fourth-order valence-electron chi connectivity index (χ4n) is 1.61. The van der Waals surface area contributed by atoms with Gasteiger partial charge in [0.05, 0.1) is 6.54 Å². The summed E-state index contributed by atoms with van der Waals surface area (Å²) in [7, 11) is 3.28. The van der Waals surface area contributed by atoms with Gasteiger partial charge in [0.25, 0.3) is 5.91 Å². The van der Waals surface area contributed by atoms with E-state index in [1.165, 1.54) is 9.80 Å². The lowest BCUT2D eigenvalue weighted by molar-refractivity contribution is -0.133. The Labute approximate surface area is 104 Å². The predicted octanol–water partition coefficient (Wildman–Crippen LogP) is -0.406. The van der Waals surface area contributed by atoms with Crippen LogP contribution in [0, 0.1) is 0 Å². The van der Waals surface area contributed by atoms with E-state index in [-0.39, 0.29) is 31.0 Å². The first kappa shape index (κ1) is 14.0. The van der Waals surface area contributed by atoms with Crippen LogP contribution in [0.15, 0.2) is 11.3 Å². The van der Waals surface area contributed by atoms with Gasteiger partial charge in [-0.05, 0) is 6.42 Å². The number of carboxylic acids is 1. The standard InChI is InChI=1S/C11H16N2O5/c1-12(2)8(14)4-3-5-13-6-7(11(17)18)9(15)10(13)16/h15H,3-6H2,1-2H3,(H,17,18). The number of hydrogen-bond acceptors (Lipinski definition) is 4. The minimum absolute atomic E-state index is 0.0581. The molecule has 1 rings (SSSR count). The smallest absolute Gasteiger partial charge is 0.337 e. The van der Waals surface area contributed by atoms with Gasteiger partial charge in [-0.3, -0.25) is 9.59 Å². The van der Waals surface area contributed by atoms with Gasteiger partial charge in [-0.15, -0.1) is 0 Å². The van der Waals surface area contributed by atoms with Gasteiger partial charge in [0.2, 0.25) is 5.91 Å². The first-order valence-corrected chi connectivity index (χ1v) is 5.49. The minimum atomic E-state index is -1.30. The zero-order valence-electron chi connectivity index (χ0n) is 10.3. The Hall–Kier alpha value is -2.05. The molecule has 1 heterocycles. The molecule has 0 saturated heterocycles. The third-order valence-electron chi connectivity index (χ3n) is 2.70. The highest BCUT2D eigenvalue weighted by Gasteiger charge is 2.33. The SMILES string of the molecule is CN(C)C(=O)CCCN1CC(C(=O)O)=C(O)C1=O. The van der Waals surface area contributed by atoms with E-state index >= 15 is 0 Å². The average molecular weight is 256 g/mol. The normalized spacial score (nSPS) is 15.2. The molecule has 0 bridgehead atoms. The van der Waals surface area contributed by atoms with Crippen LogP contribution in [0.3, 0.4) is 0 Å². The van der Waals surface area contributed by atoms with Gasteiger partial charge in [-0.1, -0.05) is 0 Å². The number of aliphatic carboxylic acids is 1. The third-order valence-corrected chi connectivity index (χ3v) is 2.70. The minimum Gasteiger partial charge on any atom is -0.503 e. The molecule has 0 fully saturated rings. The second-order valence-corrected chi connectivity index (χ2v) is 4.25. The van der Waals surface area contributed by atoms with E-state index in [1.54, 1.807) is 14.1 Å². The van der Waals surface area contributed by atoms with Crippen LogP contribution in [0.25, 0.3) is 0 Å². The Bertz CT molecular complexity index is 414. The summed E-state index contributed by atoms with van der Waals surface area (Å²) < 4.78 is 0. The van der Waals surface area contributed by atoms with Crippen molar-refractivity contribution in [3.05, 3.63) is 11.3 Å². The molecule has 0 aromatic heterocycles. The lowest BCUT2D eigenvalue weighted by Crippen LogP contribution is -2.30. The highest BCUT2D eigenvalue weighted by molar-refractivity contribution is 6.04. The van der Waals surface area contributed by atoms with Crippen molar-refractivity contribution in [1.82, 2.24) is 9.80 Å². The first-order chi connectivity index (χ1) is 8.34. The van der Waals surface area contributed by atoms with E-state index in [2.05, 4.69) is 0 Å². The molecule has 7 heteroatoms. The largest absolute Gasteiger partial charge is 0.503 e. The number of aliphatic hydroxyl groups excluding tert-OH is 1. The van der Waals surface area contributed by atoms with E-state index in [1.807, 2.05) is 0 Å². The van der Waals surface area contributed by atoms with Crippen molar-refractivity contribution in [1.29, 1.82) is 0 Å². The van der Waals surface area contributed by atoms with Crippen LogP contribution in [-0.2, 0) is 14.4 Å². The van der Waals surface area contributed by atoms with Gasteiger partial charge in [-0.25, -0.2) is 4.79 Å². The molecular formula is C11H16N2O5. The van der Waals surface area contributed by atoms with Gasteiger partial charge in [0.1, 0.15) is 5.57 Å². The molecule has 0 aromatic rings. The molecule has 2 N–H and O–H groups in total. The molecule has 0 unspecified atom stereocenters. The molecule has 7 nitrogen and oxygen atoms in total. The molecule has 2 amide bonds. The van der Waals surface area contributed by atoms with Gasteiger partial charge in [0, 0.05) is 27.1 Å². The van der Waals surface area contributed by atoms with Crippen LogP contribution < -0.4 is 0 Å². The summed E-state index contributed by atoms with van der Waals surface area (Å²) in [6.45, 7) is 0.134. The number of amides is 2. The molecular weight excluding hydrogens is 240 g/mol. The number of carbonyl (C=O) groups excluding carboxylic acids is 2. The zero-order valence-corrected chi connectivity index (χ0v) is 10.3. The Morgan fingerprint density at radius 1 is 1.39 bits per heavy atom. The Kier molecular flexibility index (Phi) is 4.30. The maximum absolute atomic E-state index is 11.5. The predicted molar refractivity (Wildman–Crippen MR) is 61.8 cm³/mol. The fourth-order valence-corrected chi connectivity index (χ4v) is 1.61. The summed E-state index contributed by atoms with van der Waals surface area (Å²) in [6, 6.07) is 0. The molecule has 18 heavy (non-hydrogen) atoms. The van der Waals surface area contributed by atoms with E-state index in [0.29, 0.717) is 6.42 Å². The monoisotopic (exact) mass is 256 g/mol. The first-order valence-electron chi connectivity index (χ1n) is 5.49.